The van der Waals surface area contributed by atoms with Crippen molar-refractivity contribution in [2.24, 2.45) is 4.99 Å². The van der Waals surface area contributed by atoms with Crippen molar-refractivity contribution < 1.29 is 4.79 Å². The quantitative estimate of drug-likeness (QED) is 0.799. The minimum absolute atomic E-state index is 0.129. The second-order valence-corrected chi connectivity index (χ2v) is 5.13. The van der Waals surface area contributed by atoms with Crippen LogP contribution in [0.15, 0.2) is 65.4 Å². The van der Waals surface area contributed by atoms with E-state index in [1.807, 2.05) is 54.8 Å². The molecule has 5 heteroatoms. The average Bonchev–Trinajstić information content (AvgIpc) is 2.85. The molecule has 104 valence electrons. The highest BCUT2D eigenvalue weighted by molar-refractivity contribution is 8.13. The van der Waals surface area contributed by atoms with Crippen LogP contribution in [-0.2, 0) is 4.79 Å². The van der Waals surface area contributed by atoms with E-state index in [0.29, 0.717) is 10.9 Å². The smallest absolute Gasteiger partial charge is 0.266 e. The number of nitrogens with zero attached hydrogens (tertiary/aromatic N) is 3. The van der Waals surface area contributed by atoms with Gasteiger partial charge in [-0.15, -0.1) is 0 Å². The van der Waals surface area contributed by atoms with Gasteiger partial charge in [0.2, 0.25) is 0 Å². The van der Waals surface area contributed by atoms with E-state index in [1.165, 1.54) is 11.8 Å². The van der Waals surface area contributed by atoms with Crippen molar-refractivity contribution in [3.8, 4) is 0 Å². The molecule has 2 aromatic rings. The summed E-state index contributed by atoms with van der Waals surface area (Å²) in [6.45, 7) is 0. The minimum atomic E-state index is -0.129. The number of para-hydroxylation sites is 1. The normalized spacial score (nSPS) is 16.4. The van der Waals surface area contributed by atoms with Gasteiger partial charge >= 0.3 is 0 Å². The van der Waals surface area contributed by atoms with Gasteiger partial charge in [0.25, 0.3) is 5.91 Å². The number of anilines is 1. The predicted molar refractivity (Wildman–Crippen MR) is 87.1 cm³/mol. The van der Waals surface area contributed by atoms with Gasteiger partial charge in [0, 0.05) is 6.20 Å². The Labute approximate surface area is 127 Å². The molecule has 2 heterocycles. The third-order valence-corrected chi connectivity index (χ3v) is 3.64. The van der Waals surface area contributed by atoms with E-state index in [0.717, 1.165) is 11.4 Å². The largest absolute Gasteiger partial charge is 0.283 e. The Morgan fingerprint density at radius 1 is 1.10 bits per heavy atom. The van der Waals surface area contributed by atoms with Crippen molar-refractivity contribution in [1.29, 1.82) is 0 Å². The van der Waals surface area contributed by atoms with E-state index in [4.69, 9.17) is 0 Å². The minimum Gasteiger partial charge on any atom is -0.266 e. The van der Waals surface area contributed by atoms with Crippen LogP contribution < -0.4 is 4.90 Å². The molecule has 0 aliphatic carbocycles. The first-order valence-electron chi connectivity index (χ1n) is 6.44. The van der Waals surface area contributed by atoms with Crippen molar-refractivity contribution in [2.45, 2.75) is 0 Å². The Morgan fingerprint density at radius 3 is 2.52 bits per heavy atom. The molecule has 3 rings (SSSR count). The monoisotopic (exact) mass is 295 g/mol. The van der Waals surface area contributed by atoms with Gasteiger partial charge in [-0.25, -0.2) is 4.99 Å². The fraction of sp³-hybridized carbons (Fsp3) is 0.0625. The summed E-state index contributed by atoms with van der Waals surface area (Å²) in [6, 6.07) is 15.1. The summed E-state index contributed by atoms with van der Waals surface area (Å²) in [4.78, 5) is 22.8. The van der Waals surface area contributed by atoms with Crippen molar-refractivity contribution >= 4 is 34.6 Å². The highest BCUT2D eigenvalue weighted by Gasteiger charge is 2.30. The predicted octanol–water partition coefficient (Wildman–Crippen LogP) is 3.19. The summed E-state index contributed by atoms with van der Waals surface area (Å²) in [6.07, 6.45) is 5.31. The third kappa shape index (κ3) is 2.73. The van der Waals surface area contributed by atoms with E-state index >= 15 is 0 Å². The topological polar surface area (TPSA) is 45.6 Å². The molecule has 0 bridgehead atoms. The molecule has 0 saturated heterocycles. The highest BCUT2D eigenvalue weighted by atomic mass is 32.2. The molecule has 1 aromatic heterocycles. The zero-order valence-corrected chi connectivity index (χ0v) is 12.2. The van der Waals surface area contributed by atoms with Crippen molar-refractivity contribution in [3.63, 3.8) is 0 Å². The molecular weight excluding hydrogens is 282 g/mol. The number of pyridine rings is 1. The van der Waals surface area contributed by atoms with Crippen LogP contribution in [0.2, 0.25) is 0 Å². The Kier molecular flexibility index (Phi) is 3.83. The number of hydrogen-bond donors (Lipinski definition) is 0. The molecule has 0 saturated carbocycles. The number of hydrogen-bond acceptors (Lipinski definition) is 4. The Hall–Kier alpha value is -2.40. The van der Waals surface area contributed by atoms with Gasteiger partial charge in [-0.3, -0.25) is 14.7 Å². The summed E-state index contributed by atoms with van der Waals surface area (Å²) in [7, 11) is 0. The second kappa shape index (κ2) is 5.93. The van der Waals surface area contributed by atoms with Gasteiger partial charge in [0.15, 0.2) is 5.17 Å². The van der Waals surface area contributed by atoms with Crippen LogP contribution in [0.3, 0.4) is 0 Å². The Balaban J connectivity index is 1.98. The van der Waals surface area contributed by atoms with Gasteiger partial charge in [0.05, 0.1) is 11.4 Å². The number of benzene rings is 1. The lowest BCUT2D eigenvalue weighted by atomic mass is 10.2. The van der Waals surface area contributed by atoms with Gasteiger partial charge in [-0.1, -0.05) is 36.0 Å². The first-order chi connectivity index (χ1) is 10.3. The molecule has 0 radical (unpaired) electrons. The lowest BCUT2D eigenvalue weighted by molar-refractivity contribution is -0.113. The highest BCUT2D eigenvalue weighted by Crippen LogP contribution is 2.27. The maximum atomic E-state index is 12.6. The first-order valence-corrected chi connectivity index (χ1v) is 7.67. The number of carbonyl (C=O) groups is 1. The van der Waals surface area contributed by atoms with Crippen LogP contribution in [0.4, 0.5) is 5.69 Å². The standard InChI is InChI=1S/C16H13N3OS/c1-21-16-18-14(11-12-7-5-6-10-17-12)15(20)19(16)13-8-3-2-4-9-13/h2-11H,1H3. The molecule has 1 aliphatic rings. The number of amides is 1. The first kappa shape index (κ1) is 13.6. The number of rotatable bonds is 2. The number of aliphatic imine (C=N–C) groups is 1. The molecule has 1 aliphatic heterocycles. The van der Waals surface area contributed by atoms with E-state index in [2.05, 4.69) is 9.98 Å². The zero-order chi connectivity index (χ0) is 14.7. The number of carbonyl (C=O) groups excluding carboxylic acids is 1. The van der Waals surface area contributed by atoms with Crippen molar-refractivity contribution in [1.82, 2.24) is 4.98 Å². The number of aromatic nitrogens is 1. The van der Waals surface area contributed by atoms with Crippen LogP contribution in [0, 0.1) is 0 Å². The summed E-state index contributed by atoms with van der Waals surface area (Å²) in [5.41, 5.74) is 1.95. The van der Waals surface area contributed by atoms with E-state index in [-0.39, 0.29) is 5.91 Å². The van der Waals surface area contributed by atoms with Crippen molar-refractivity contribution in [3.05, 3.63) is 66.1 Å². The second-order valence-electron chi connectivity index (χ2n) is 4.36. The summed E-state index contributed by atoms with van der Waals surface area (Å²) in [5, 5.41) is 0.674. The molecule has 21 heavy (non-hydrogen) atoms. The van der Waals surface area contributed by atoms with Crippen LogP contribution in [-0.4, -0.2) is 22.3 Å². The molecule has 4 nitrogen and oxygen atoms in total. The summed E-state index contributed by atoms with van der Waals surface area (Å²) < 4.78 is 0. The lowest BCUT2D eigenvalue weighted by Crippen LogP contribution is -2.29. The van der Waals surface area contributed by atoms with Crippen LogP contribution >= 0.6 is 11.8 Å². The maximum absolute atomic E-state index is 12.6. The molecule has 0 unspecified atom stereocenters. The third-order valence-electron chi connectivity index (χ3n) is 3.00. The Bertz CT molecular complexity index is 711. The van der Waals surface area contributed by atoms with E-state index in [1.54, 1.807) is 17.2 Å². The molecule has 0 fully saturated rings. The Morgan fingerprint density at radius 2 is 1.86 bits per heavy atom. The SMILES string of the molecule is CSC1=NC(=Cc2ccccn2)C(=O)N1c1ccccc1. The number of thioether (sulfide) groups is 1. The fourth-order valence-electron chi connectivity index (χ4n) is 2.04. The molecule has 0 N–H and O–H groups in total. The van der Waals surface area contributed by atoms with Crippen LogP contribution in [0.25, 0.3) is 6.08 Å². The summed E-state index contributed by atoms with van der Waals surface area (Å²) >= 11 is 1.45. The molecule has 1 amide bonds. The zero-order valence-electron chi connectivity index (χ0n) is 11.4. The van der Waals surface area contributed by atoms with Gasteiger partial charge in [-0.2, -0.15) is 0 Å². The molecule has 0 atom stereocenters. The van der Waals surface area contributed by atoms with E-state index in [9.17, 15) is 4.79 Å². The lowest BCUT2D eigenvalue weighted by Gasteiger charge is -2.16. The van der Waals surface area contributed by atoms with Crippen LogP contribution in [0.1, 0.15) is 5.69 Å². The molecule has 1 aromatic carbocycles. The van der Waals surface area contributed by atoms with Crippen molar-refractivity contribution in [2.75, 3.05) is 11.2 Å². The molecular formula is C16H13N3OS. The fourth-order valence-corrected chi connectivity index (χ4v) is 2.60. The van der Waals surface area contributed by atoms with Gasteiger partial charge in [-0.05, 0) is 36.6 Å². The summed E-state index contributed by atoms with van der Waals surface area (Å²) in [5.74, 6) is -0.129. The molecule has 0 spiro atoms. The van der Waals surface area contributed by atoms with Crippen LogP contribution in [0.5, 0.6) is 0 Å². The maximum Gasteiger partial charge on any atom is 0.283 e. The average molecular weight is 295 g/mol. The van der Waals surface area contributed by atoms with Gasteiger partial charge < -0.3 is 0 Å². The number of amidine groups is 1. The van der Waals surface area contributed by atoms with Gasteiger partial charge in [0.1, 0.15) is 5.70 Å². The van der Waals surface area contributed by atoms with E-state index < -0.39 is 0 Å².